The van der Waals surface area contributed by atoms with E-state index in [4.69, 9.17) is 9.47 Å². The Labute approximate surface area is 106 Å². The van der Waals surface area contributed by atoms with Crippen molar-refractivity contribution in [3.63, 3.8) is 0 Å². The Kier molecular flexibility index (Phi) is 3.72. The number of aliphatic hydroxyl groups excluding tert-OH is 1. The molecule has 0 saturated carbocycles. The highest BCUT2D eigenvalue weighted by Crippen LogP contribution is 2.34. The Morgan fingerprint density at radius 2 is 2.11 bits per heavy atom. The lowest BCUT2D eigenvalue weighted by atomic mass is 10.0. The molecule has 0 saturated heterocycles. The molecule has 0 fully saturated rings. The number of hydrogen-bond donors (Lipinski definition) is 1. The number of rotatable bonds is 4. The van der Waals surface area contributed by atoms with Crippen LogP contribution in [0.25, 0.3) is 0 Å². The van der Waals surface area contributed by atoms with E-state index in [1.54, 1.807) is 32.3 Å². The summed E-state index contributed by atoms with van der Waals surface area (Å²) < 4.78 is 10.4. The summed E-state index contributed by atoms with van der Waals surface area (Å²) in [7, 11) is 3.41. The van der Waals surface area contributed by atoms with Crippen molar-refractivity contribution in [2.45, 2.75) is 18.9 Å². The van der Waals surface area contributed by atoms with Gasteiger partial charge in [-0.2, -0.15) is 0 Å². The van der Waals surface area contributed by atoms with Crippen LogP contribution < -0.4 is 9.47 Å². The van der Waals surface area contributed by atoms with Gasteiger partial charge in [0.05, 0.1) is 6.10 Å². The minimum absolute atomic E-state index is 0.00907. The van der Waals surface area contributed by atoms with Crippen molar-refractivity contribution in [2.24, 2.45) is 0 Å². The van der Waals surface area contributed by atoms with Crippen LogP contribution in [0.15, 0.2) is 18.2 Å². The second-order valence-corrected chi connectivity index (χ2v) is 4.46. The zero-order chi connectivity index (χ0) is 13.1. The molecule has 1 amide bonds. The highest BCUT2D eigenvalue weighted by molar-refractivity contribution is 5.75. The first-order chi connectivity index (χ1) is 8.58. The van der Waals surface area contributed by atoms with Gasteiger partial charge in [0.2, 0.25) is 12.7 Å². The molecule has 5 nitrogen and oxygen atoms in total. The standard InChI is InChI=1S/C13H17NO4/c1-14(2)13(16)6-4-10(15)9-3-5-11-12(7-9)18-8-17-11/h3,5,7,10,15H,4,6,8H2,1-2H3. The molecule has 1 aromatic rings. The third-order valence-electron chi connectivity index (χ3n) is 2.91. The van der Waals surface area contributed by atoms with Crippen molar-refractivity contribution in [2.75, 3.05) is 20.9 Å². The third kappa shape index (κ3) is 2.73. The second-order valence-electron chi connectivity index (χ2n) is 4.46. The Morgan fingerprint density at radius 1 is 1.39 bits per heavy atom. The zero-order valence-electron chi connectivity index (χ0n) is 10.5. The van der Waals surface area contributed by atoms with Crippen molar-refractivity contribution in [3.05, 3.63) is 23.8 Å². The molecule has 1 atom stereocenters. The quantitative estimate of drug-likeness (QED) is 0.876. The van der Waals surface area contributed by atoms with Crippen LogP contribution in [0.3, 0.4) is 0 Å². The summed E-state index contributed by atoms with van der Waals surface area (Å²) >= 11 is 0. The van der Waals surface area contributed by atoms with E-state index in [9.17, 15) is 9.90 Å². The summed E-state index contributed by atoms with van der Waals surface area (Å²) in [5.41, 5.74) is 0.741. The molecule has 0 aliphatic carbocycles. The van der Waals surface area contributed by atoms with E-state index >= 15 is 0 Å². The van der Waals surface area contributed by atoms with Crippen LogP contribution in [-0.2, 0) is 4.79 Å². The molecule has 0 radical (unpaired) electrons. The molecule has 1 heterocycles. The molecule has 1 unspecified atom stereocenters. The van der Waals surface area contributed by atoms with Gasteiger partial charge in [0.25, 0.3) is 0 Å². The van der Waals surface area contributed by atoms with Crippen molar-refractivity contribution in [1.82, 2.24) is 4.90 Å². The predicted molar refractivity (Wildman–Crippen MR) is 65.5 cm³/mol. The molecular weight excluding hydrogens is 234 g/mol. The number of aliphatic hydroxyl groups is 1. The molecular formula is C13H17NO4. The molecule has 1 aliphatic heterocycles. The van der Waals surface area contributed by atoms with Crippen LogP contribution in [0, 0.1) is 0 Å². The van der Waals surface area contributed by atoms with Crippen LogP contribution in [0.1, 0.15) is 24.5 Å². The minimum Gasteiger partial charge on any atom is -0.454 e. The third-order valence-corrected chi connectivity index (χ3v) is 2.91. The van der Waals surface area contributed by atoms with Crippen LogP contribution in [-0.4, -0.2) is 36.8 Å². The summed E-state index contributed by atoms with van der Waals surface area (Å²) in [6.07, 6.45) is 0.0580. The van der Waals surface area contributed by atoms with Crippen LogP contribution in [0.2, 0.25) is 0 Å². The van der Waals surface area contributed by atoms with Gasteiger partial charge < -0.3 is 19.5 Å². The van der Waals surface area contributed by atoms with Crippen molar-refractivity contribution in [1.29, 1.82) is 0 Å². The molecule has 18 heavy (non-hydrogen) atoms. The molecule has 0 spiro atoms. The molecule has 2 rings (SSSR count). The van der Waals surface area contributed by atoms with Gasteiger partial charge in [0.1, 0.15) is 0 Å². The van der Waals surface area contributed by atoms with Gasteiger partial charge in [0, 0.05) is 20.5 Å². The maximum absolute atomic E-state index is 11.4. The Balaban J connectivity index is 1.97. The topological polar surface area (TPSA) is 59.0 Å². The van der Waals surface area contributed by atoms with E-state index in [0.717, 1.165) is 5.56 Å². The summed E-state index contributed by atoms with van der Waals surface area (Å²) in [6, 6.07) is 5.32. The van der Waals surface area contributed by atoms with E-state index < -0.39 is 6.10 Å². The Bertz CT molecular complexity index is 445. The first-order valence-electron chi connectivity index (χ1n) is 5.85. The van der Waals surface area contributed by atoms with Gasteiger partial charge in [-0.1, -0.05) is 6.07 Å². The fourth-order valence-corrected chi connectivity index (χ4v) is 1.77. The fraction of sp³-hybridized carbons (Fsp3) is 0.462. The summed E-state index contributed by atoms with van der Waals surface area (Å²) in [5.74, 6) is 1.34. The number of nitrogens with zero attached hydrogens (tertiary/aromatic N) is 1. The molecule has 0 aromatic heterocycles. The smallest absolute Gasteiger partial charge is 0.231 e. The Morgan fingerprint density at radius 3 is 2.83 bits per heavy atom. The SMILES string of the molecule is CN(C)C(=O)CCC(O)c1ccc2c(c1)OCO2. The lowest BCUT2D eigenvalue weighted by molar-refractivity contribution is -0.129. The molecule has 5 heteroatoms. The van der Waals surface area contributed by atoms with Crippen LogP contribution >= 0.6 is 0 Å². The number of fused-ring (bicyclic) bond motifs is 1. The Hall–Kier alpha value is -1.75. The van der Waals surface area contributed by atoms with E-state index in [1.165, 1.54) is 4.90 Å². The summed E-state index contributed by atoms with van der Waals surface area (Å²) in [6.45, 7) is 0.216. The average Bonchev–Trinajstić information content (AvgIpc) is 2.82. The van der Waals surface area contributed by atoms with Gasteiger partial charge in [0.15, 0.2) is 11.5 Å². The minimum atomic E-state index is -0.664. The van der Waals surface area contributed by atoms with Crippen molar-refractivity contribution < 1.29 is 19.4 Å². The summed E-state index contributed by atoms with van der Waals surface area (Å²) in [4.78, 5) is 13.0. The maximum atomic E-state index is 11.4. The number of carbonyl (C=O) groups excluding carboxylic acids is 1. The number of amides is 1. The lowest BCUT2D eigenvalue weighted by Crippen LogP contribution is -2.21. The molecule has 0 bridgehead atoms. The van der Waals surface area contributed by atoms with Gasteiger partial charge in [-0.15, -0.1) is 0 Å². The van der Waals surface area contributed by atoms with Crippen LogP contribution in [0.5, 0.6) is 11.5 Å². The normalized spacial score (nSPS) is 14.4. The number of ether oxygens (including phenoxy) is 2. The predicted octanol–water partition coefficient (Wildman–Crippen LogP) is 1.32. The first-order valence-corrected chi connectivity index (χ1v) is 5.85. The monoisotopic (exact) mass is 251 g/mol. The van der Waals surface area contributed by atoms with Gasteiger partial charge in [-0.05, 0) is 24.1 Å². The van der Waals surface area contributed by atoms with Gasteiger partial charge in [-0.25, -0.2) is 0 Å². The van der Waals surface area contributed by atoms with E-state index in [1.807, 2.05) is 0 Å². The molecule has 1 aromatic carbocycles. The second kappa shape index (κ2) is 5.27. The van der Waals surface area contributed by atoms with E-state index in [-0.39, 0.29) is 12.7 Å². The molecule has 1 aliphatic rings. The molecule has 1 N–H and O–H groups in total. The first kappa shape index (κ1) is 12.7. The highest BCUT2D eigenvalue weighted by atomic mass is 16.7. The fourth-order valence-electron chi connectivity index (χ4n) is 1.77. The van der Waals surface area contributed by atoms with Crippen molar-refractivity contribution in [3.8, 4) is 11.5 Å². The van der Waals surface area contributed by atoms with E-state index in [0.29, 0.717) is 24.3 Å². The molecule has 98 valence electrons. The number of hydrogen-bond acceptors (Lipinski definition) is 4. The van der Waals surface area contributed by atoms with Crippen molar-refractivity contribution >= 4 is 5.91 Å². The highest BCUT2D eigenvalue weighted by Gasteiger charge is 2.17. The van der Waals surface area contributed by atoms with Gasteiger partial charge in [-0.3, -0.25) is 4.79 Å². The number of benzene rings is 1. The lowest BCUT2D eigenvalue weighted by Gasteiger charge is -2.14. The largest absolute Gasteiger partial charge is 0.454 e. The maximum Gasteiger partial charge on any atom is 0.231 e. The summed E-state index contributed by atoms with van der Waals surface area (Å²) in [5, 5.41) is 10.0. The van der Waals surface area contributed by atoms with E-state index in [2.05, 4.69) is 0 Å². The van der Waals surface area contributed by atoms with Crippen LogP contribution in [0.4, 0.5) is 0 Å². The van der Waals surface area contributed by atoms with Gasteiger partial charge >= 0.3 is 0 Å². The number of carbonyl (C=O) groups is 1. The zero-order valence-corrected chi connectivity index (χ0v) is 10.5. The average molecular weight is 251 g/mol.